The molecule has 2 fully saturated rings. The number of benzene rings is 1. The number of likely N-dealkylation sites (tertiary alicyclic amines) is 2. The van der Waals surface area contributed by atoms with E-state index in [4.69, 9.17) is 4.74 Å². The van der Waals surface area contributed by atoms with Gasteiger partial charge in [0.1, 0.15) is 0 Å². The molecular weight excluding hydrogens is 328 g/mol. The molecule has 0 spiro atoms. The molecule has 142 valence electrons. The highest BCUT2D eigenvalue weighted by molar-refractivity contribution is 5.80. The van der Waals surface area contributed by atoms with Crippen molar-refractivity contribution in [3.63, 3.8) is 0 Å². The molecule has 0 saturated carbocycles. The summed E-state index contributed by atoms with van der Waals surface area (Å²) in [5.74, 6) is 0.761. The first-order valence-electron chi connectivity index (χ1n) is 9.70. The molecule has 2 aliphatic rings. The van der Waals surface area contributed by atoms with Crippen molar-refractivity contribution in [1.29, 1.82) is 0 Å². The molecule has 3 rings (SSSR count). The maximum atomic E-state index is 12.6. The van der Waals surface area contributed by atoms with Gasteiger partial charge in [-0.15, -0.1) is 0 Å². The van der Waals surface area contributed by atoms with Crippen LogP contribution in [-0.2, 0) is 20.7 Å². The fraction of sp³-hybridized carbons (Fsp3) is 0.619. The minimum Gasteiger partial charge on any atom is -0.379 e. The fourth-order valence-corrected chi connectivity index (χ4v) is 4.05. The van der Waals surface area contributed by atoms with E-state index in [1.165, 1.54) is 11.1 Å². The molecule has 2 aliphatic heterocycles. The van der Waals surface area contributed by atoms with E-state index in [2.05, 4.69) is 31.2 Å². The molecule has 2 atom stereocenters. The first-order valence-corrected chi connectivity index (χ1v) is 9.70. The Morgan fingerprint density at radius 1 is 1.23 bits per heavy atom. The lowest BCUT2D eigenvalue weighted by Gasteiger charge is -2.38. The molecule has 0 bridgehead atoms. The smallest absolute Gasteiger partial charge is 0.224 e. The van der Waals surface area contributed by atoms with Crippen LogP contribution < -0.4 is 0 Å². The number of carbonyl (C=O) groups excluding carboxylic acids is 2. The standard InChI is InChI=1S/C21H30N2O3/c1-16-5-7-17(8-6-16)14-18-9-12-23(15-19(18)26-2)21(25)10-13-22-11-3-4-20(22)24/h5-8,18-19H,3-4,9-15H2,1-2H3/t18-,19+/m1/s1. The molecule has 0 aliphatic carbocycles. The van der Waals surface area contributed by atoms with Gasteiger partial charge in [-0.25, -0.2) is 0 Å². The van der Waals surface area contributed by atoms with Gasteiger partial charge < -0.3 is 14.5 Å². The average molecular weight is 358 g/mol. The Bertz CT molecular complexity index is 629. The number of nitrogens with zero attached hydrogens (tertiary/aromatic N) is 2. The van der Waals surface area contributed by atoms with Gasteiger partial charge in [-0.1, -0.05) is 29.8 Å². The minimum atomic E-state index is 0.0717. The second-order valence-electron chi connectivity index (χ2n) is 7.59. The van der Waals surface area contributed by atoms with Gasteiger partial charge in [0.15, 0.2) is 0 Å². The number of amides is 2. The Labute approximate surface area is 156 Å². The number of aryl methyl sites for hydroxylation is 1. The quantitative estimate of drug-likeness (QED) is 0.785. The van der Waals surface area contributed by atoms with Crippen LogP contribution in [0.5, 0.6) is 0 Å². The van der Waals surface area contributed by atoms with Gasteiger partial charge in [-0.05, 0) is 37.7 Å². The summed E-state index contributed by atoms with van der Waals surface area (Å²) >= 11 is 0. The summed E-state index contributed by atoms with van der Waals surface area (Å²) in [6.45, 7) is 4.88. The second kappa shape index (κ2) is 8.67. The summed E-state index contributed by atoms with van der Waals surface area (Å²) in [6.07, 6.45) is 3.99. The molecule has 0 unspecified atom stereocenters. The first-order chi connectivity index (χ1) is 12.6. The van der Waals surface area contributed by atoms with Crippen molar-refractivity contribution in [2.75, 3.05) is 33.3 Å². The van der Waals surface area contributed by atoms with E-state index in [1.807, 2.05) is 9.80 Å². The van der Waals surface area contributed by atoms with Crippen molar-refractivity contribution in [1.82, 2.24) is 9.80 Å². The normalized spacial score (nSPS) is 23.5. The van der Waals surface area contributed by atoms with Crippen LogP contribution in [0.4, 0.5) is 0 Å². The molecule has 5 heteroatoms. The molecule has 26 heavy (non-hydrogen) atoms. The Morgan fingerprint density at radius 3 is 2.65 bits per heavy atom. The number of rotatable bonds is 6. The lowest BCUT2D eigenvalue weighted by molar-refractivity contribution is -0.137. The van der Waals surface area contributed by atoms with Crippen LogP contribution >= 0.6 is 0 Å². The van der Waals surface area contributed by atoms with Gasteiger partial charge in [-0.2, -0.15) is 0 Å². The van der Waals surface area contributed by atoms with Gasteiger partial charge in [0.25, 0.3) is 0 Å². The molecule has 0 radical (unpaired) electrons. The third-order valence-corrected chi connectivity index (χ3v) is 5.74. The van der Waals surface area contributed by atoms with Crippen molar-refractivity contribution >= 4 is 11.8 Å². The molecule has 5 nitrogen and oxygen atoms in total. The first kappa shape index (κ1) is 18.9. The zero-order valence-electron chi connectivity index (χ0n) is 15.9. The SMILES string of the molecule is CO[C@H]1CN(C(=O)CCN2CCCC2=O)CC[C@@H]1Cc1ccc(C)cc1. The van der Waals surface area contributed by atoms with E-state index < -0.39 is 0 Å². The van der Waals surface area contributed by atoms with E-state index in [0.29, 0.717) is 31.8 Å². The number of methoxy groups -OCH3 is 1. The Hall–Kier alpha value is -1.88. The number of hydrogen-bond acceptors (Lipinski definition) is 3. The van der Waals surface area contributed by atoms with Crippen LogP contribution in [-0.4, -0.2) is 61.0 Å². The number of piperidine rings is 1. The van der Waals surface area contributed by atoms with Crippen LogP contribution in [0.3, 0.4) is 0 Å². The minimum absolute atomic E-state index is 0.0717. The fourth-order valence-electron chi connectivity index (χ4n) is 4.05. The van der Waals surface area contributed by atoms with Gasteiger partial charge in [0.2, 0.25) is 11.8 Å². The number of ether oxygens (including phenoxy) is 1. The lowest BCUT2D eigenvalue weighted by Crippen LogP contribution is -2.48. The summed E-state index contributed by atoms with van der Waals surface area (Å²) < 4.78 is 5.72. The predicted molar refractivity (Wildman–Crippen MR) is 101 cm³/mol. The van der Waals surface area contributed by atoms with Crippen LogP contribution in [0.1, 0.15) is 36.8 Å². The summed E-state index contributed by atoms with van der Waals surface area (Å²) in [5, 5.41) is 0. The van der Waals surface area contributed by atoms with E-state index in [-0.39, 0.29) is 17.9 Å². The summed E-state index contributed by atoms with van der Waals surface area (Å²) in [4.78, 5) is 28.0. The molecule has 0 N–H and O–H groups in total. The molecule has 1 aromatic rings. The van der Waals surface area contributed by atoms with Crippen molar-refractivity contribution in [3.8, 4) is 0 Å². The monoisotopic (exact) mass is 358 g/mol. The van der Waals surface area contributed by atoms with Crippen LogP contribution in [0.2, 0.25) is 0 Å². The van der Waals surface area contributed by atoms with Crippen molar-refractivity contribution in [2.45, 2.75) is 45.1 Å². The van der Waals surface area contributed by atoms with Crippen LogP contribution in [0.25, 0.3) is 0 Å². The van der Waals surface area contributed by atoms with Crippen molar-refractivity contribution in [3.05, 3.63) is 35.4 Å². The molecule has 2 heterocycles. The van der Waals surface area contributed by atoms with Gasteiger partial charge in [-0.3, -0.25) is 9.59 Å². The van der Waals surface area contributed by atoms with Crippen molar-refractivity contribution < 1.29 is 14.3 Å². The summed E-state index contributed by atoms with van der Waals surface area (Å²) in [5.41, 5.74) is 2.60. The number of carbonyl (C=O) groups is 2. The van der Waals surface area contributed by atoms with E-state index in [0.717, 1.165) is 32.4 Å². The zero-order chi connectivity index (χ0) is 18.5. The molecule has 2 amide bonds. The third-order valence-electron chi connectivity index (χ3n) is 5.74. The summed E-state index contributed by atoms with van der Waals surface area (Å²) in [6, 6.07) is 8.67. The Balaban J connectivity index is 1.50. The molecule has 1 aromatic carbocycles. The predicted octanol–water partition coefficient (Wildman–Crippen LogP) is 2.41. The maximum absolute atomic E-state index is 12.6. The molecular formula is C21H30N2O3. The maximum Gasteiger partial charge on any atom is 0.224 e. The number of hydrogen-bond donors (Lipinski definition) is 0. The average Bonchev–Trinajstić information content (AvgIpc) is 3.06. The Kier molecular flexibility index (Phi) is 6.30. The molecule has 2 saturated heterocycles. The largest absolute Gasteiger partial charge is 0.379 e. The van der Waals surface area contributed by atoms with E-state index in [9.17, 15) is 9.59 Å². The van der Waals surface area contributed by atoms with Gasteiger partial charge >= 0.3 is 0 Å². The third kappa shape index (κ3) is 4.64. The van der Waals surface area contributed by atoms with Gasteiger partial charge in [0.05, 0.1) is 6.10 Å². The molecule has 0 aromatic heterocycles. The lowest BCUT2D eigenvalue weighted by atomic mass is 9.87. The highest BCUT2D eigenvalue weighted by atomic mass is 16.5. The second-order valence-corrected chi connectivity index (χ2v) is 7.59. The van der Waals surface area contributed by atoms with E-state index in [1.54, 1.807) is 7.11 Å². The summed E-state index contributed by atoms with van der Waals surface area (Å²) in [7, 11) is 1.74. The highest BCUT2D eigenvalue weighted by Crippen LogP contribution is 2.25. The van der Waals surface area contributed by atoms with Crippen molar-refractivity contribution in [2.24, 2.45) is 5.92 Å². The Morgan fingerprint density at radius 2 is 2.00 bits per heavy atom. The zero-order valence-corrected chi connectivity index (χ0v) is 15.9. The van der Waals surface area contributed by atoms with Crippen LogP contribution in [0.15, 0.2) is 24.3 Å². The van der Waals surface area contributed by atoms with Gasteiger partial charge in [0, 0.05) is 46.1 Å². The highest BCUT2D eigenvalue weighted by Gasteiger charge is 2.32. The van der Waals surface area contributed by atoms with Crippen LogP contribution in [0, 0.1) is 12.8 Å². The topological polar surface area (TPSA) is 49.9 Å². The van der Waals surface area contributed by atoms with E-state index >= 15 is 0 Å².